The lowest BCUT2D eigenvalue weighted by Crippen LogP contribution is -2.23. The number of carbonyl (C=O) groups excluding carboxylic acids is 2. The van der Waals surface area contributed by atoms with Crippen molar-refractivity contribution in [2.24, 2.45) is 0 Å². The van der Waals surface area contributed by atoms with Crippen LogP contribution < -0.4 is 4.74 Å². The summed E-state index contributed by atoms with van der Waals surface area (Å²) in [5, 5.41) is 9.64. The van der Waals surface area contributed by atoms with Crippen molar-refractivity contribution in [1.29, 1.82) is 0 Å². The zero-order chi connectivity index (χ0) is 22.0. The van der Waals surface area contributed by atoms with E-state index in [0.29, 0.717) is 33.4 Å². The predicted octanol–water partition coefficient (Wildman–Crippen LogP) is 4.45. The quantitative estimate of drug-likeness (QED) is 0.453. The summed E-state index contributed by atoms with van der Waals surface area (Å²) in [4.78, 5) is 35.8. The molecule has 0 saturated heterocycles. The van der Waals surface area contributed by atoms with Crippen LogP contribution in [-0.4, -0.2) is 28.9 Å². The van der Waals surface area contributed by atoms with Gasteiger partial charge < -0.3 is 19.0 Å². The molecule has 7 nitrogen and oxygen atoms in total. The number of aliphatic carboxylic acids is 1. The smallest absolute Gasteiger partial charge is 0.344 e. The minimum absolute atomic E-state index is 0.272. The molecular weight excluding hydrogens is 388 g/mol. The van der Waals surface area contributed by atoms with Crippen molar-refractivity contribution < 1.29 is 33.4 Å². The van der Waals surface area contributed by atoms with E-state index in [9.17, 15) is 14.4 Å². The van der Waals surface area contributed by atoms with E-state index in [2.05, 4.69) is 0 Å². The summed E-state index contributed by atoms with van der Waals surface area (Å²) in [5.41, 5.74) is 1.84. The molecule has 1 N–H and O–H groups in total. The summed E-state index contributed by atoms with van der Waals surface area (Å²) in [5.74, 6) is -1.20. The van der Waals surface area contributed by atoms with E-state index < -0.39 is 24.1 Å². The van der Waals surface area contributed by atoms with E-state index >= 15 is 0 Å². The number of hydrogen-bond acceptors (Lipinski definition) is 6. The first-order valence-corrected chi connectivity index (χ1v) is 9.42. The van der Waals surface area contributed by atoms with Gasteiger partial charge in [-0.1, -0.05) is 18.2 Å². The van der Waals surface area contributed by atoms with Crippen LogP contribution in [0.1, 0.15) is 54.1 Å². The normalized spacial score (nSPS) is 12.9. The second kappa shape index (κ2) is 8.41. The molecule has 2 atom stereocenters. The number of benzene rings is 2. The molecule has 0 amide bonds. The van der Waals surface area contributed by atoms with Crippen molar-refractivity contribution in [3.63, 3.8) is 0 Å². The molecule has 3 aromatic rings. The van der Waals surface area contributed by atoms with Crippen LogP contribution in [0.25, 0.3) is 11.0 Å². The van der Waals surface area contributed by atoms with Crippen LogP contribution in [0.4, 0.5) is 0 Å². The lowest BCUT2D eigenvalue weighted by Gasteiger charge is -2.14. The Balaban J connectivity index is 2.03. The molecule has 2 aromatic carbocycles. The summed E-state index contributed by atoms with van der Waals surface area (Å²) >= 11 is 0. The molecule has 3 rings (SSSR count). The minimum atomic E-state index is -1.08. The van der Waals surface area contributed by atoms with Crippen molar-refractivity contribution in [3.8, 4) is 5.75 Å². The van der Waals surface area contributed by atoms with Crippen molar-refractivity contribution in [2.45, 2.75) is 39.9 Å². The molecule has 0 aliphatic rings. The lowest BCUT2D eigenvalue weighted by atomic mass is 9.97. The Morgan fingerprint density at radius 2 is 1.77 bits per heavy atom. The van der Waals surface area contributed by atoms with Gasteiger partial charge in [-0.3, -0.25) is 9.59 Å². The number of esters is 1. The molecule has 0 radical (unpaired) electrons. The summed E-state index contributed by atoms with van der Waals surface area (Å²) < 4.78 is 16.5. The molecule has 30 heavy (non-hydrogen) atoms. The fourth-order valence-electron chi connectivity index (χ4n) is 3.20. The highest BCUT2D eigenvalue weighted by atomic mass is 16.5. The number of carboxylic acid groups (broad SMARTS) is 1. The van der Waals surface area contributed by atoms with Gasteiger partial charge in [0.05, 0.1) is 5.56 Å². The van der Waals surface area contributed by atoms with Crippen LogP contribution in [0.5, 0.6) is 5.75 Å². The van der Waals surface area contributed by atoms with Crippen molar-refractivity contribution in [3.05, 3.63) is 64.9 Å². The first-order chi connectivity index (χ1) is 14.2. The van der Waals surface area contributed by atoms with Crippen molar-refractivity contribution in [1.82, 2.24) is 0 Å². The molecule has 0 spiro atoms. The van der Waals surface area contributed by atoms with E-state index in [0.717, 1.165) is 0 Å². The molecule has 7 heteroatoms. The number of carbonyl (C=O) groups is 3. The Morgan fingerprint density at radius 1 is 1.07 bits per heavy atom. The number of carboxylic acids is 1. The Bertz CT molecular complexity index is 1130. The zero-order valence-corrected chi connectivity index (χ0v) is 17.1. The average molecular weight is 410 g/mol. The maximum atomic E-state index is 13.4. The molecule has 0 aliphatic carbocycles. The monoisotopic (exact) mass is 410 g/mol. The highest BCUT2D eigenvalue weighted by molar-refractivity contribution is 6.17. The maximum absolute atomic E-state index is 13.4. The summed E-state index contributed by atoms with van der Waals surface area (Å²) in [7, 11) is 0. The highest BCUT2D eigenvalue weighted by Gasteiger charge is 2.27. The molecule has 0 bridgehead atoms. The minimum Gasteiger partial charge on any atom is -0.479 e. The van der Waals surface area contributed by atoms with Gasteiger partial charge in [-0.05, 0) is 50.6 Å². The first-order valence-electron chi connectivity index (χ1n) is 9.42. The lowest BCUT2D eigenvalue weighted by molar-refractivity contribution is -0.146. The Hall–Kier alpha value is -3.61. The van der Waals surface area contributed by atoms with Crippen LogP contribution in [-0.2, 0) is 14.3 Å². The Kier molecular flexibility index (Phi) is 5.91. The number of hydrogen-bond donors (Lipinski definition) is 1. The van der Waals surface area contributed by atoms with Gasteiger partial charge >= 0.3 is 11.9 Å². The molecule has 0 aliphatic heterocycles. The maximum Gasteiger partial charge on any atom is 0.344 e. The number of para-hydroxylation sites is 1. The van der Waals surface area contributed by atoms with Gasteiger partial charge in [0.1, 0.15) is 11.3 Å². The van der Waals surface area contributed by atoms with Crippen LogP contribution in [0.3, 0.4) is 0 Å². The molecule has 1 heterocycles. The molecule has 1 aromatic heterocycles. The van der Waals surface area contributed by atoms with E-state index in [1.807, 2.05) is 0 Å². The van der Waals surface area contributed by atoms with Gasteiger partial charge in [0.15, 0.2) is 23.8 Å². The van der Waals surface area contributed by atoms with E-state index in [4.69, 9.17) is 19.0 Å². The number of aryl methyl sites for hydroxylation is 1. The Labute approximate surface area is 173 Å². The Morgan fingerprint density at radius 3 is 2.40 bits per heavy atom. The number of ether oxygens (including phenoxy) is 2. The molecular formula is C23H22O7. The van der Waals surface area contributed by atoms with Crippen LogP contribution >= 0.6 is 0 Å². The standard InChI is InChI=1S/C23H22O7/c1-12-11-16(9-10-18(12)29-14(3)23(26)27)21(25)20-17-7-5-6-8-19(17)30-22(20)13(2)28-15(4)24/h5-11,13-14H,1-4H3,(H,26,27). The topological polar surface area (TPSA) is 103 Å². The summed E-state index contributed by atoms with van der Waals surface area (Å²) in [6, 6.07) is 11.9. The third kappa shape index (κ3) is 4.20. The second-order valence-electron chi connectivity index (χ2n) is 7.00. The van der Waals surface area contributed by atoms with Crippen molar-refractivity contribution >= 4 is 28.7 Å². The van der Waals surface area contributed by atoms with Gasteiger partial charge in [-0.25, -0.2) is 4.79 Å². The first kappa shape index (κ1) is 21.1. The van der Waals surface area contributed by atoms with Gasteiger partial charge in [-0.2, -0.15) is 0 Å². The van der Waals surface area contributed by atoms with Crippen LogP contribution in [0.15, 0.2) is 46.9 Å². The fraction of sp³-hybridized carbons (Fsp3) is 0.261. The van der Waals surface area contributed by atoms with E-state index in [-0.39, 0.29) is 11.5 Å². The molecule has 0 fully saturated rings. The highest BCUT2D eigenvalue weighted by Crippen LogP contribution is 2.34. The largest absolute Gasteiger partial charge is 0.479 e. The summed E-state index contributed by atoms with van der Waals surface area (Å²) in [6.45, 7) is 6.10. The number of fused-ring (bicyclic) bond motifs is 1. The van der Waals surface area contributed by atoms with Crippen LogP contribution in [0, 0.1) is 6.92 Å². The summed E-state index contributed by atoms with van der Waals surface area (Å²) in [6.07, 6.45) is -1.76. The number of ketones is 1. The SMILES string of the molecule is CC(=O)OC(C)c1oc2ccccc2c1C(=O)c1ccc(OC(C)C(=O)O)c(C)c1. The second-order valence-corrected chi connectivity index (χ2v) is 7.00. The van der Waals surface area contributed by atoms with Crippen LogP contribution in [0.2, 0.25) is 0 Å². The molecule has 0 saturated carbocycles. The third-order valence-corrected chi connectivity index (χ3v) is 4.65. The van der Waals surface area contributed by atoms with Gasteiger partial charge in [0.2, 0.25) is 0 Å². The van der Waals surface area contributed by atoms with E-state index in [1.165, 1.54) is 13.8 Å². The van der Waals surface area contributed by atoms with Gasteiger partial charge in [0.25, 0.3) is 0 Å². The number of furan rings is 1. The molecule has 156 valence electrons. The van der Waals surface area contributed by atoms with E-state index in [1.54, 1.807) is 56.3 Å². The molecule has 2 unspecified atom stereocenters. The van der Waals surface area contributed by atoms with Crippen molar-refractivity contribution in [2.75, 3.05) is 0 Å². The van der Waals surface area contributed by atoms with Gasteiger partial charge in [-0.15, -0.1) is 0 Å². The third-order valence-electron chi connectivity index (χ3n) is 4.65. The number of rotatable bonds is 7. The fourth-order valence-corrected chi connectivity index (χ4v) is 3.20. The predicted molar refractivity (Wildman–Crippen MR) is 109 cm³/mol. The van der Waals surface area contributed by atoms with Gasteiger partial charge in [0, 0.05) is 17.9 Å². The average Bonchev–Trinajstić information content (AvgIpc) is 3.08. The zero-order valence-electron chi connectivity index (χ0n) is 17.1.